The highest BCUT2D eigenvalue weighted by Gasteiger charge is 2.13. The highest BCUT2D eigenvalue weighted by atomic mass is 16.1. The third kappa shape index (κ3) is 2.40. The van der Waals surface area contributed by atoms with Crippen LogP contribution in [-0.4, -0.2) is 39.3 Å². The Kier molecular flexibility index (Phi) is 3.62. The van der Waals surface area contributed by atoms with E-state index in [1.807, 2.05) is 25.1 Å². The first-order valence-electron chi connectivity index (χ1n) is 8.34. The molecule has 1 aromatic carbocycles. The molecule has 0 atom stereocenters. The van der Waals surface area contributed by atoms with Crippen molar-refractivity contribution < 1.29 is 0 Å². The molecule has 0 saturated carbocycles. The maximum atomic E-state index is 12.5. The summed E-state index contributed by atoms with van der Waals surface area (Å²) in [5.41, 5.74) is 3.36. The summed E-state index contributed by atoms with van der Waals surface area (Å²) in [6.07, 6.45) is 2.56. The van der Waals surface area contributed by atoms with Crippen LogP contribution in [0.1, 0.15) is 24.1 Å². The van der Waals surface area contributed by atoms with Crippen molar-refractivity contribution in [1.82, 2.24) is 19.7 Å². The van der Waals surface area contributed by atoms with Gasteiger partial charge >= 0.3 is 0 Å². The molecule has 0 aliphatic carbocycles. The van der Waals surface area contributed by atoms with E-state index in [1.54, 1.807) is 11.6 Å². The lowest BCUT2D eigenvalue weighted by molar-refractivity contribution is 0.383. The van der Waals surface area contributed by atoms with E-state index in [9.17, 15) is 4.79 Å². The molecular weight excluding hydrogens is 300 g/mol. The highest BCUT2D eigenvalue weighted by Crippen LogP contribution is 2.23. The van der Waals surface area contributed by atoms with Gasteiger partial charge < -0.3 is 4.57 Å². The lowest BCUT2D eigenvalue weighted by atomic mass is 10.1. The number of fused-ring (bicyclic) bond motifs is 3. The number of hydrogen-bond acceptors (Lipinski definition) is 3. The summed E-state index contributed by atoms with van der Waals surface area (Å²) < 4.78 is 1.68. The third-order valence-electron chi connectivity index (χ3n) is 4.81. The molecule has 1 aliphatic heterocycles. The number of rotatable bonds is 1. The minimum atomic E-state index is -0.0170. The SMILES string of the molecule is Cc1[nH]nc2c1c(=O)n(C)c1ccc(C#CCN3CCCC3)cc21. The van der Waals surface area contributed by atoms with Crippen molar-refractivity contribution in [3.05, 3.63) is 39.8 Å². The first-order valence-corrected chi connectivity index (χ1v) is 8.34. The number of likely N-dealkylation sites (tertiary alicyclic amines) is 1. The number of H-pyrrole nitrogens is 1. The Morgan fingerprint density at radius 1 is 1.29 bits per heavy atom. The van der Waals surface area contributed by atoms with Gasteiger partial charge in [0.15, 0.2) is 0 Å². The molecule has 0 radical (unpaired) electrons. The molecule has 5 nitrogen and oxygen atoms in total. The van der Waals surface area contributed by atoms with Gasteiger partial charge in [-0.05, 0) is 51.1 Å². The third-order valence-corrected chi connectivity index (χ3v) is 4.81. The first kappa shape index (κ1) is 15.0. The topological polar surface area (TPSA) is 53.9 Å². The number of aromatic amines is 1. The Morgan fingerprint density at radius 2 is 2.08 bits per heavy atom. The van der Waals surface area contributed by atoms with Gasteiger partial charge in [-0.1, -0.05) is 11.8 Å². The van der Waals surface area contributed by atoms with E-state index in [0.29, 0.717) is 5.39 Å². The quantitative estimate of drug-likeness (QED) is 0.699. The molecule has 0 bridgehead atoms. The van der Waals surface area contributed by atoms with Crippen molar-refractivity contribution >= 4 is 21.8 Å². The molecule has 1 N–H and O–H groups in total. The Hall–Kier alpha value is -2.58. The zero-order valence-electron chi connectivity index (χ0n) is 14.0. The average molecular weight is 320 g/mol. The molecule has 0 unspecified atom stereocenters. The Bertz CT molecular complexity index is 1040. The van der Waals surface area contributed by atoms with E-state index in [0.717, 1.165) is 47.3 Å². The van der Waals surface area contributed by atoms with Gasteiger partial charge in [0.05, 0.1) is 17.4 Å². The van der Waals surface area contributed by atoms with Crippen molar-refractivity contribution in [3.63, 3.8) is 0 Å². The van der Waals surface area contributed by atoms with Crippen molar-refractivity contribution in [2.24, 2.45) is 7.05 Å². The molecule has 24 heavy (non-hydrogen) atoms. The Morgan fingerprint density at radius 3 is 2.88 bits per heavy atom. The molecule has 122 valence electrons. The van der Waals surface area contributed by atoms with Crippen LogP contribution in [0, 0.1) is 18.8 Å². The zero-order valence-corrected chi connectivity index (χ0v) is 14.0. The van der Waals surface area contributed by atoms with E-state index in [-0.39, 0.29) is 5.56 Å². The van der Waals surface area contributed by atoms with Gasteiger partial charge in [0, 0.05) is 23.7 Å². The molecule has 3 aromatic rings. The van der Waals surface area contributed by atoms with Gasteiger partial charge in [0.25, 0.3) is 5.56 Å². The minimum Gasteiger partial charge on any atom is -0.311 e. The van der Waals surface area contributed by atoms with Crippen LogP contribution in [0.5, 0.6) is 0 Å². The lowest BCUT2D eigenvalue weighted by Gasteiger charge is -2.08. The van der Waals surface area contributed by atoms with Crippen LogP contribution in [0.4, 0.5) is 0 Å². The maximum Gasteiger partial charge on any atom is 0.262 e. The number of pyridine rings is 1. The van der Waals surface area contributed by atoms with Gasteiger partial charge in [0.2, 0.25) is 0 Å². The fraction of sp³-hybridized carbons (Fsp3) is 0.368. The molecule has 1 saturated heterocycles. The van der Waals surface area contributed by atoms with Crippen molar-refractivity contribution in [1.29, 1.82) is 0 Å². The van der Waals surface area contributed by atoms with Crippen LogP contribution in [-0.2, 0) is 7.05 Å². The molecule has 1 aliphatic rings. The van der Waals surface area contributed by atoms with Crippen LogP contribution < -0.4 is 5.56 Å². The number of nitrogens with zero attached hydrogens (tertiary/aromatic N) is 3. The molecule has 5 heteroatoms. The second kappa shape index (κ2) is 5.81. The van der Waals surface area contributed by atoms with Crippen molar-refractivity contribution in [2.45, 2.75) is 19.8 Å². The first-order chi connectivity index (χ1) is 11.6. The molecule has 4 rings (SSSR count). The smallest absolute Gasteiger partial charge is 0.262 e. The second-order valence-electron chi connectivity index (χ2n) is 6.45. The van der Waals surface area contributed by atoms with E-state index in [2.05, 4.69) is 26.9 Å². The number of benzene rings is 1. The van der Waals surface area contributed by atoms with E-state index < -0.39 is 0 Å². The summed E-state index contributed by atoms with van der Waals surface area (Å²) in [4.78, 5) is 14.9. The summed E-state index contributed by atoms with van der Waals surface area (Å²) in [7, 11) is 1.80. The zero-order chi connectivity index (χ0) is 16.7. The normalized spacial score (nSPS) is 15.1. The molecule has 0 amide bonds. The van der Waals surface area contributed by atoms with E-state index in [1.165, 1.54) is 12.8 Å². The van der Waals surface area contributed by atoms with Crippen molar-refractivity contribution in [2.75, 3.05) is 19.6 Å². The summed E-state index contributed by atoms with van der Waals surface area (Å²) in [6.45, 7) is 5.01. The fourth-order valence-corrected chi connectivity index (χ4v) is 3.45. The minimum absolute atomic E-state index is 0.0170. The van der Waals surface area contributed by atoms with Gasteiger partial charge in [-0.25, -0.2) is 0 Å². The molecular formula is C19H20N4O. The number of aryl methyl sites for hydroxylation is 2. The lowest BCUT2D eigenvalue weighted by Crippen LogP contribution is -2.19. The Labute approximate surface area is 140 Å². The number of hydrogen-bond donors (Lipinski definition) is 1. The molecule has 1 fully saturated rings. The predicted octanol–water partition coefficient (Wildman–Crippen LogP) is 2.17. The van der Waals surface area contributed by atoms with E-state index >= 15 is 0 Å². The Balaban J connectivity index is 1.80. The van der Waals surface area contributed by atoms with Crippen LogP contribution in [0.25, 0.3) is 21.8 Å². The van der Waals surface area contributed by atoms with Gasteiger partial charge in [0.1, 0.15) is 5.52 Å². The number of aromatic nitrogens is 3. The highest BCUT2D eigenvalue weighted by molar-refractivity contribution is 6.04. The maximum absolute atomic E-state index is 12.5. The summed E-state index contributed by atoms with van der Waals surface area (Å²) in [5, 5.41) is 8.89. The largest absolute Gasteiger partial charge is 0.311 e. The van der Waals surface area contributed by atoms with Crippen LogP contribution in [0.3, 0.4) is 0 Å². The molecule has 2 aromatic heterocycles. The standard InChI is InChI=1S/C19H20N4O/c1-13-17-18(21-20-13)15-12-14(6-5-11-23-9-3-4-10-23)7-8-16(15)22(2)19(17)24/h7-8,12H,3-4,9-11H2,1-2H3,(H,20,21). The van der Waals surface area contributed by atoms with Crippen LogP contribution in [0.15, 0.2) is 23.0 Å². The number of nitrogens with one attached hydrogen (secondary N) is 1. The summed E-state index contributed by atoms with van der Waals surface area (Å²) >= 11 is 0. The second-order valence-corrected chi connectivity index (χ2v) is 6.45. The van der Waals surface area contributed by atoms with Gasteiger partial charge in [-0.3, -0.25) is 14.8 Å². The summed E-state index contributed by atoms with van der Waals surface area (Å²) in [5.74, 6) is 6.52. The summed E-state index contributed by atoms with van der Waals surface area (Å²) in [6, 6.07) is 5.97. The molecule has 3 heterocycles. The molecule has 0 spiro atoms. The fourth-order valence-electron chi connectivity index (χ4n) is 3.45. The predicted molar refractivity (Wildman–Crippen MR) is 96.1 cm³/mol. The van der Waals surface area contributed by atoms with E-state index in [4.69, 9.17) is 0 Å². The monoisotopic (exact) mass is 320 g/mol. The van der Waals surface area contributed by atoms with Gasteiger partial charge in [-0.2, -0.15) is 5.10 Å². The van der Waals surface area contributed by atoms with Gasteiger partial charge in [-0.15, -0.1) is 0 Å². The average Bonchev–Trinajstić information content (AvgIpc) is 3.22. The van der Waals surface area contributed by atoms with Crippen molar-refractivity contribution in [3.8, 4) is 11.8 Å². The van der Waals surface area contributed by atoms with Crippen LogP contribution >= 0.6 is 0 Å². The van der Waals surface area contributed by atoms with Crippen LogP contribution in [0.2, 0.25) is 0 Å².